The second kappa shape index (κ2) is 24.5. The van der Waals surface area contributed by atoms with E-state index in [4.69, 9.17) is 131 Å². The Morgan fingerprint density at radius 1 is 0.817 bits per heavy atom. The summed E-state index contributed by atoms with van der Waals surface area (Å²) < 4.78 is 74.0. The molecule has 1 spiro atoms. The topological polar surface area (TPSA) is 269 Å². The van der Waals surface area contributed by atoms with Crippen molar-refractivity contribution in [2.24, 2.45) is 16.7 Å². The molecule has 28 heteroatoms. The number of alkyl carbamates (subject to hydrolysis) is 1. The number of carbonyl (C=O) groups is 8. The number of hydrogen-bond acceptors (Lipinski definition) is 21. The highest BCUT2D eigenvalue weighted by Gasteiger charge is 2.84. The van der Waals surface area contributed by atoms with Gasteiger partial charge in [-0.3, -0.25) is 9.59 Å². The molecule has 3 aliphatic carbocycles. The summed E-state index contributed by atoms with van der Waals surface area (Å²) in [6.45, 7) is 12.3. The lowest BCUT2D eigenvalue weighted by molar-refractivity contribution is -0.345. The van der Waals surface area contributed by atoms with Gasteiger partial charge < -0.3 is 66.9 Å². The summed E-state index contributed by atoms with van der Waals surface area (Å²) in [4.78, 5) is 117. The molecule has 4 fully saturated rings. The Morgan fingerprint density at radius 2 is 1.40 bits per heavy atom. The summed E-state index contributed by atoms with van der Waals surface area (Å²) in [6, 6.07) is 14.1. The Morgan fingerprint density at radius 3 is 1.94 bits per heavy atom. The molecular formula is C54H61Cl6NO21. The van der Waals surface area contributed by atoms with Gasteiger partial charge in [-0.1, -0.05) is 132 Å². The predicted molar refractivity (Wildman–Crippen MR) is 289 cm³/mol. The Balaban J connectivity index is 1.54. The number of benzene rings is 2. The minimum absolute atomic E-state index is 0.0880. The lowest BCUT2D eigenvalue weighted by Crippen LogP contribution is -2.83. The Bertz CT molecular complexity index is 2800. The van der Waals surface area contributed by atoms with Gasteiger partial charge in [-0.2, -0.15) is 0 Å². The average Bonchev–Trinajstić information content (AvgIpc) is 1.14. The number of fused-ring (bicyclic) bond motifs is 4. The van der Waals surface area contributed by atoms with E-state index in [2.05, 4.69) is 5.32 Å². The number of nitrogens with one attached hydrogen (secondary N) is 1. The van der Waals surface area contributed by atoms with Crippen molar-refractivity contribution in [1.82, 2.24) is 5.32 Å². The molecule has 22 nitrogen and oxygen atoms in total. The highest BCUT2D eigenvalue weighted by Crippen LogP contribution is 2.67. The Hall–Kier alpha value is -5.04. The first-order chi connectivity index (χ1) is 38.1. The molecule has 2 bridgehead atoms. The van der Waals surface area contributed by atoms with Crippen molar-refractivity contribution >= 4 is 118 Å². The molecule has 2 saturated heterocycles. The number of Topliss-reactive ketones (excluding diaryl/α,β-unsaturated/α-hetero) is 1. The first kappa shape index (κ1) is 64.5. The summed E-state index contributed by atoms with van der Waals surface area (Å²) >= 11 is 35.8. The molecule has 450 valence electrons. The Kier molecular flexibility index (Phi) is 19.3. The monoisotopic (exact) mass is 1270 g/mol. The highest BCUT2D eigenvalue weighted by atomic mass is 35.6. The smallest absolute Gasteiger partial charge is 0.454 e. The SMILES string of the molecule is CCOC(C)O[C@@H](C(=O)O[C@@H]1C(C)=C2[C@@H](OC(=O)OCC(Cl)(Cl)Cl)C(=O)[C@]3(C)[C@@H](OC(=O)OCC(Cl)(Cl)Cl)C[C@H]4OC[C@@]4(OC(C)=O)[C@H]3[C@H](OC(=O)c3ccccc3)[C@@]3(OC(=O)O[C@@H]13)C2(C)C)[C@@H](NC(=O)OC(C)(C)C)c1ccccc1. The third-order valence-corrected chi connectivity index (χ3v) is 15.5. The number of rotatable bonds is 16. The molecule has 7 rings (SSSR count). The normalized spacial score (nSPS) is 29.3. The van der Waals surface area contributed by atoms with Gasteiger partial charge in [-0.05, 0) is 77.3 Å². The number of amides is 1. The van der Waals surface area contributed by atoms with Gasteiger partial charge in [0, 0.05) is 25.4 Å². The van der Waals surface area contributed by atoms with Crippen LogP contribution < -0.4 is 5.32 Å². The third-order valence-electron chi connectivity index (χ3n) is 14.8. The maximum atomic E-state index is 16.7. The second-order valence-corrected chi connectivity index (χ2v) is 26.7. The maximum absolute atomic E-state index is 16.7. The van der Waals surface area contributed by atoms with E-state index in [0.29, 0.717) is 5.56 Å². The molecule has 2 saturated carbocycles. The Labute approximate surface area is 501 Å². The van der Waals surface area contributed by atoms with E-state index in [1.165, 1.54) is 58.9 Å². The van der Waals surface area contributed by atoms with Crippen LogP contribution in [-0.2, 0) is 76.0 Å². The van der Waals surface area contributed by atoms with Crippen LogP contribution in [0.4, 0.5) is 19.2 Å². The molecular weight excluding hydrogens is 1210 g/mol. The first-order valence-corrected chi connectivity index (χ1v) is 27.9. The molecule has 2 aromatic carbocycles. The zero-order valence-corrected chi connectivity index (χ0v) is 50.5. The van der Waals surface area contributed by atoms with Gasteiger partial charge in [0.15, 0.2) is 48.2 Å². The minimum Gasteiger partial charge on any atom is -0.454 e. The van der Waals surface area contributed by atoms with Crippen molar-refractivity contribution in [3.8, 4) is 0 Å². The van der Waals surface area contributed by atoms with Gasteiger partial charge in [0.1, 0.15) is 31.0 Å². The summed E-state index contributed by atoms with van der Waals surface area (Å²) in [5, 5.41) is 2.71. The molecule has 1 amide bonds. The number of alkyl halides is 6. The van der Waals surface area contributed by atoms with E-state index in [-0.39, 0.29) is 23.3 Å². The number of halogens is 6. The van der Waals surface area contributed by atoms with E-state index in [0.717, 1.165) is 6.92 Å². The van der Waals surface area contributed by atoms with E-state index in [1.807, 2.05) is 0 Å². The predicted octanol–water partition coefficient (Wildman–Crippen LogP) is 9.88. The van der Waals surface area contributed by atoms with Crippen LogP contribution >= 0.6 is 69.6 Å². The van der Waals surface area contributed by atoms with Crippen LogP contribution in [0.3, 0.4) is 0 Å². The molecule has 2 aliphatic heterocycles. The summed E-state index contributed by atoms with van der Waals surface area (Å²) in [6.07, 6.45) is -20.7. The van der Waals surface area contributed by atoms with Crippen LogP contribution in [0.2, 0.25) is 0 Å². The minimum atomic E-state index is -2.64. The molecule has 13 atom stereocenters. The van der Waals surface area contributed by atoms with E-state index in [9.17, 15) is 24.0 Å². The van der Waals surface area contributed by atoms with Crippen molar-refractivity contribution in [2.45, 2.75) is 155 Å². The zero-order chi connectivity index (χ0) is 60.7. The van der Waals surface area contributed by atoms with Crippen LogP contribution in [0, 0.1) is 16.7 Å². The van der Waals surface area contributed by atoms with Gasteiger partial charge in [0.05, 0.1) is 29.5 Å². The highest BCUT2D eigenvalue weighted by molar-refractivity contribution is 6.68. The summed E-state index contributed by atoms with van der Waals surface area (Å²) in [5.41, 5.74) is -10.6. The number of ketones is 1. The molecule has 1 unspecified atom stereocenters. The lowest BCUT2D eigenvalue weighted by Gasteiger charge is -2.67. The second-order valence-electron chi connectivity index (χ2n) is 21.7. The van der Waals surface area contributed by atoms with E-state index < -0.39 is 171 Å². The van der Waals surface area contributed by atoms with Crippen molar-refractivity contribution in [1.29, 1.82) is 0 Å². The van der Waals surface area contributed by atoms with Crippen LogP contribution in [0.1, 0.15) is 97.6 Å². The first-order valence-electron chi connectivity index (χ1n) is 25.6. The van der Waals surface area contributed by atoms with Crippen LogP contribution in [0.5, 0.6) is 0 Å². The van der Waals surface area contributed by atoms with Crippen LogP contribution in [0.15, 0.2) is 71.8 Å². The standard InChI is InChI=1S/C54H61Cl6NO21/c1-11-70-28(4)74-37(34(29-18-14-12-15-19-29)61-44(66)81-48(5,6)7)43(65)76-35-26(2)33-36(77-46(68)73-25-53(58,59)60)39(63)50(10)31(75-45(67)72-24-52(55,56)57)22-32-51(23-71-32,80-27(3)62)38(50)41(78-42(64)30-20-16-13-17-21-30)54(49(33,8)9)40(35)79-47(69)82-54/h12-21,28,31-32,34-38,40-41H,11,22-25H2,1-10H3,(H,61,66)/t28?,31-,32+,34-,35+,36+,37+,38-,40-,41-,50+,51-,54+/m0/s1. The van der Waals surface area contributed by atoms with Crippen molar-refractivity contribution in [3.63, 3.8) is 0 Å². The molecule has 5 aliphatic rings. The van der Waals surface area contributed by atoms with Gasteiger partial charge >= 0.3 is 42.5 Å². The van der Waals surface area contributed by atoms with Crippen LogP contribution in [0.25, 0.3) is 0 Å². The fourth-order valence-corrected chi connectivity index (χ4v) is 12.0. The quantitative estimate of drug-likeness (QED) is 0.0538. The van der Waals surface area contributed by atoms with Gasteiger partial charge in [0.2, 0.25) is 13.2 Å². The van der Waals surface area contributed by atoms with Gasteiger partial charge in [0.25, 0.3) is 0 Å². The maximum Gasteiger partial charge on any atom is 0.509 e. The number of hydrogen-bond donors (Lipinski definition) is 1. The van der Waals surface area contributed by atoms with E-state index >= 15 is 14.4 Å². The van der Waals surface area contributed by atoms with Crippen molar-refractivity contribution < 1.29 is 99.9 Å². The van der Waals surface area contributed by atoms with Gasteiger partial charge in [-0.25, -0.2) is 28.8 Å². The number of esters is 3. The average molecular weight is 1270 g/mol. The number of ether oxygens (including phenoxy) is 13. The van der Waals surface area contributed by atoms with Gasteiger partial charge in [-0.15, -0.1) is 0 Å². The largest absolute Gasteiger partial charge is 0.509 e. The fourth-order valence-electron chi connectivity index (χ4n) is 11.7. The molecule has 2 aromatic rings. The molecule has 82 heavy (non-hydrogen) atoms. The lowest BCUT2D eigenvalue weighted by atomic mass is 9.44. The fraction of sp³-hybridized carbons (Fsp3) is 0.593. The van der Waals surface area contributed by atoms with Crippen molar-refractivity contribution in [3.05, 3.63) is 82.9 Å². The van der Waals surface area contributed by atoms with E-state index in [1.54, 1.807) is 64.1 Å². The van der Waals surface area contributed by atoms with Crippen LogP contribution in [-0.4, -0.2) is 148 Å². The molecule has 1 N–H and O–H groups in total. The zero-order valence-electron chi connectivity index (χ0n) is 45.9. The number of carbonyl (C=O) groups excluding carboxylic acids is 8. The summed E-state index contributed by atoms with van der Waals surface area (Å²) in [7, 11) is 0. The third kappa shape index (κ3) is 13.2. The molecule has 2 heterocycles. The molecule has 0 aromatic heterocycles. The molecule has 0 radical (unpaired) electrons. The summed E-state index contributed by atoms with van der Waals surface area (Å²) in [5.74, 6) is -6.46. The van der Waals surface area contributed by atoms with Crippen molar-refractivity contribution in [2.75, 3.05) is 26.4 Å².